The molecule has 0 amide bonds. The summed E-state index contributed by atoms with van der Waals surface area (Å²) in [5, 5.41) is 4.36. The minimum atomic E-state index is 0.958. The molecule has 0 fully saturated rings. The minimum Gasteiger partial charge on any atom is -0.264 e. The largest absolute Gasteiger partial charge is 0.264 e. The monoisotopic (exact) mass is 716 g/mol. The van der Waals surface area contributed by atoms with E-state index in [2.05, 4.69) is 169 Å². The normalized spacial score (nSPS) is 11.4. The fourth-order valence-electron chi connectivity index (χ4n) is 8.32. The summed E-state index contributed by atoms with van der Waals surface area (Å²) < 4.78 is 0. The molecule has 0 saturated carbocycles. The summed E-state index contributed by atoms with van der Waals surface area (Å²) in [6.45, 7) is 4.40. The van der Waals surface area contributed by atoms with Crippen LogP contribution in [0.5, 0.6) is 0 Å². The summed E-state index contributed by atoms with van der Waals surface area (Å²) in [7, 11) is 0. The van der Waals surface area contributed by atoms with Crippen molar-refractivity contribution in [2.45, 2.75) is 13.8 Å². The molecule has 0 atom stereocenters. The van der Waals surface area contributed by atoms with Crippen LogP contribution >= 0.6 is 0 Å². The summed E-state index contributed by atoms with van der Waals surface area (Å²) in [6.07, 6.45) is 7.48. The lowest BCUT2D eigenvalue weighted by molar-refractivity contribution is 1.32. The lowest BCUT2D eigenvalue weighted by Crippen LogP contribution is -1.99. The van der Waals surface area contributed by atoms with E-state index >= 15 is 0 Å². The van der Waals surface area contributed by atoms with Crippen LogP contribution in [0.15, 0.2) is 183 Å². The lowest BCUT2D eigenvalue weighted by Gasteiger charge is -2.19. The highest BCUT2D eigenvalue weighted by molar-refractivity contribution is 6.20. The Balaban J connectivity index is 1.27. The van der Waals surface area contributed by atoms with Crippen LogP contribution in [0.3, 0.4) is 0 Å². The zero-order valence-electron chi connectivity index (χ0n) is 31.1. The van der Waals surface area contributed by atoms with E-state index in [1.165, 1.54) is 11.1 Å². The number of nitrogens with zero attached hydrogens (tertiary/aromatic N) is 4. The van der Waals surface area contributed by atoms with Gasteiger partial charge < -0.3 is 0 Å². The Kier molecular flexibility index (Phi) is 8.23. The molecule has 4 heterocycles. The van der Waals surface area contributed by atoms with Gasteiger partial charge in [0.05, 0.1) is 22.4 Å². The first-order chi connectivity index (χ1) is 27.6. The van der Waals surface area contributed by atoms with Crippen molar-refractivity contribution in [2.24, 2.45) is 0 Å². The van der Waals surface area contributed by atoms with Crippen molar-refractivity contribution < 1.29 is 0 Å². The molecule has 0 N–H and O–H groups in total. The Hall–Kier alpha value is -7.30. The summed E-state index contributed by atoms with van der Waals surface area (Å²) in [5.74, 6) is 0. The fourth-order valence-corrected chi connectivity index (χ4v) is 8.32. The van der Waals surface area contributed by atoms with Crippen molar-refractivity contribution in [3.05, 3.63) is 194 Å². The Morgan fingerprint density at radius 1 is 0.321 bits per heavy atom. The molecule has 6 aromatic carbocycles. The van der Waals surface area contributed by atoms with Crippen LogP contribution < -0.4 is 0 Å². The van der Waals surface area contributed by atoms with Crippen molar-refractivity contribution in [3.63, 3.8) is 0 Å². The predicted molar refractivity (Wildman–Crippen MR) is 232 cm³/mol. The van der Waals surface area contributed by atoms with E-state index < -0.39 is 0 Å². The van der Waals surface area contributed by atoms with Crippen molar-refractivity contribution in [2.75, 3.05) is 0 Å². The van der Waals surface area contributed by atoms with E-state index in [1.807, 2.05) is 36.9 Å². The molecule has 4 aromatic heterocycles. The Bertz CT molecular complexity index is 2860. The molecule has 0 unspecified atom stereocenters. The second kappa shape index (κ2) is 13.8. The smallest absolute Gasteiger partial charge is 0.0795 e. The third kappa shape index (κ3) is 5.71. The molecule has 0 aliphatic rings. The standard InChI is InChI=1S/C52H36N4/c1-33-47(39-19-9-17-37(29-39)41-21-11-27-53-31-41)45-25-23-44-43(51(45)55-49(33)35-13-5-3-6-14-35)24-26-46-48(34(2)50(56-52(44)46)36-15-7-4-8-16-36)40-20-10-18-38(30-40)42-22-12-28-54-32-42/h3-32H,1-2H3. The van der Waals surface area contributed by atoms with Gasteiger partial charge in [0.25, 0.3) is 0 Å². The zero-order valence-corrected chi connectivity index (χ0v) is 31.1. The maximum Gasteiger partial charge on any atom is 0.0795 e. The van der Waals surface area contributed by atoms with Gasteiger partial charge in [-0.1, -0.05) is 133 Å². The van der Waals surface area contributed by atoms with E-state index in [1.54, 1.807) is 0 Å². The third-order valence-corrected chi connectivity index (χ3v) is 11.0. The molecule has 4 heteroatoms. The summed E-state index contributed by atoms with van der Waals surface area (Å²) in [6, 6.07) is 55.8. The molecule has 10 rings (SSSR count). The van der Waals surface area contributed by atoms with Crippen LogP contribution in [0.1, 0.15) is 11.1 Å². The Morgan fingerprint density at radius 3 is 1.11 bits per heavy atom. The van der Waals surface area contributed by atoms with Gasteiger partial charge in [-0.25, -0.2) is 9.97 Å². The van der Waals surface area contributed by atoms with Gasteiger partial charge in [-0.2, -0.15) is 0 Å². The van der Waals surface area contributed by atoms with Crippen LogP contribution in [-0.2, 0) is 0 Å². The van der Waals surface area contributed by atoms with E-state index in [0.29, 0.717) is 0 Å². The Labute approximate surface area is 325 Å². The maximum absolute atomic E-state index is 5.53. The number of rotatable bonds is 6. The van der Waals surface area contributed by atoms with Crippen molar-refractivity contribution in [3.8, 4) is 67.0 Å². The fraction of sp³-hybridized carbons (Fsp3) is 0.0385. The van der Waals surface area contributed by atoms with E-state index in [0.717, 1.165) is 99.6 Å². The summed E-state index contributed by atoms with van der Waals surface area (Å²) in [5.41, 5.74) is 17.4. The second-order valence-electron chi connectivity index (χ2n) is 14.3. The quantitative estimate of drug-likeness (QED) is 0.161. The first kappa shape index (κ1) is 33.3. The van der Waals surface area contributed by atoms with Gasteiger partial charge in [0.15, 0.2) is 0 Å². The lowest BCUT2D eigenvalue weighted by atomic mass is 9.88. The highest BCUT2D eigenvalue weighted by Gasteiger charge is 2.21. The van der Waals surface area contributed by atoms with Crippen LogP contribution in [-0.4, -0.2) is 19.9 Å². The number of hydrogen-bond donors (Lipinski definition) is 0. The van der Waals surface area contributed by atoms with Crippen LogP contribution in [0.2, 0.25) is 0 Å². The first-order valence-electron chi connectivity index (χ1n) is 19.0. The van der Waals surface area contributed by atoms with Crippen LogP contribution in [0.25, 0.3) is 99.6 Å². The zero-order chi connectivity index (χ0) is 37.6. The van der Waals surface area contributed by atoms with Gasteiger partial charge in [0, 0.05) is 68.6 Å². The average molecular weight is 717 g/mol. The molecule has 10 aromatic rings. The minimum absolute atomic E-state index is 0.958. The molecule has 0 bridgehead atoms. The van der Waals surface area contributed by atoms with Gasteiger partial charge in [-0.3, -0.25) is 9.97 Å². The maximum atomic E-state index is 5.53. The van der Waals surface area contributed by atoms with Gasteiger partial charge in [-0.15, -0.1) is 0 Å². The van der Waals surface area contributed by atoms with Gasteiger partial charge in [0.2, 0.25) is 0 Å². The number of aromatic nitrogens is 4. The highest BCUT2D eigenvalue weighted by atomic mass is 14.7. The molecular weight excluding hydrogens is 681 g/mol. The van der Waals surface area contributed by atoms with Crippen LogP contribution in [0.4, 0.5) is 0 Å². The Morgan fingerprint density at radius 2 is 0.696 bits per heavy atom. The molecule has 0 saturated heterocycles. The van der Waals surface area contributed by atoms with E-state index in [4.69, 9.17) is 9.97 Å². The molecular formula is C52H36N4. The van der Waals surface area contributed by atoms with E-state index in [9.17, 15) is 0 Å². The third-order valence-electron chi connectivity index (χ3n) is 11.0. The molecule has 56 heavy (non-hydrogen) atoms. The molecule has 0 aliphatic carbocycles. The van der Waals surface area contributed by atoms with Gasteiger partial charge >= 0.3 is 0 Å². The molecule has 4 nitrogen and oxygen atoms in total. The SMILES string of the molecule is Cc1c(-c2ccccc2)nc2c(ccc3c2ccc2c(-c4cccc(-c5cccnc5)c4)c(C)c(-c4ccccc4)nc23)c1-c1cccc(-c2cccnc2)c1. The topological polar surface area (TPSA) is 51.6 Å². The number of fused-ring (bicyclic) bond motifs is 5. The number of benzene rings is 6. The van der Waals surface area contributed by atoms with Crippen molar-refractivity contribution in [1.82, 2.24) is 19.9 Å². The van der Waals surface area contributed by atoms with Gasteiger partial charge in [-0.05, 0) is 82.6 Å². The van der Waals surface area contributed by atoms with Crippen molar-refractivity contribution >= 4 is 32.6 Å². The highest BCUT2D eigenvalue weighted by Crippen LogP contribution is 2.44. The molecule has 0 aliphatic heterocycles. The molecule has 0 spiro atoms. The summed E-state index contributed by atoms with van der Waals surface area (Å²) in [4.78, 5) is 19.9. The van der Waals surface area contributed by atoms with Gasteiger partial charge in [0.1, 0.15) is 0 Å². The molecule has 0 radical (unpaired) electrons. The molecule has 264 valence electrons. The first-order valence-corrected chi connectivity index (χ1v) is 19.0. The predicted octanol–water partition coefficient (Wildman–Crippen LogP) is 13.3. The summed E-state index contributed by atoms with van der Waals surface area (Å²) >= 11 is 0. The number of hydrogen-bond acceptors (Lipinski definition) is 4. The average Bonchev–Trinajstić information content (AvgIpc) is 3.27. The van der Waals surface area contributed by atoms with Crippen LogP contribution in [0, 0.1) is 13.8 Å². The van der Waals surface area contributed by atoms with E-state index in [-0.39, 0.29) is 0 Å². The second-order valence-corrected chi connectivity index (χ2v) is 14.3. The number of pyridine rings is 4. The van der Waals surface area contributed by atoms with Crippen molar-refractivity contribution in [1.29, 1.82) is 0 Å².